The van der Waals surface area contributed by atoms with E-state index in [1.807, 2.05) is 12.1 Å². The van der Waals surface area contributed by atoms with Gasteiger partial charge in [0.05, 0.1) is 19.8 Å². The standard InChI is InChI=1S/C19H30O3Si/c1-19(2,3)23(5,6)21-14-17-8-7-9-18(22-17)15-10-12-16(20-4)13-11-15/h7,9-13,17-18H,8,14H2,1-6H3/t17-,18-/m0/s1. The molecule has 23 heavy (non-hydrogen) atoms. The van der Waals surface area contributed by atoms with Gasteiger partial charge in [-0.1, -0.05) is 45.1 Å². The number of benzene rings is 1. The summed E-state index contributed by atoms with van der Waals surface area (Å²) < 4.78 is 17.7. The first-order chi connectivity index (χ1) is 10.7. The third-order valence-corrected chi connectivity index (χ3v) is 9.43. The van der Waals surface area contributed by atoms with Crippen LogP contribution >= 0.6 is 0 Å². The molecule has 0 amide bonds. The molecule has 1 aromatic rings. The first-order valence-corrected chi connectivity index (χ1v) is 11.2. The van der Waals surface area contributed by atoms with Crippen molar-refractivity contribution in [1.29, 1.82) is 0 Å². The lowest BCUT2D eigenvalue weighted by Crippen LogP contribution is -2.43. The highest BCUT2D eigenvalue weighted by atomic mass is 28.4. The normalized spacial score (nSPS) is 22.2. The van der Waals surface area contributed by atoms with E-state index in [9.17, 15) is 0 Å². The van der Waals surface area contributed by atoms with E-state index < -0.39 is 8.32 Å². The Kier molecular flexibility index (Phi) is 5.71. The van der Waals surface area contributed by atoms with Crippen LogP contribution in [0.1, 0.15) is 38.9 Å². The summed E-state index contributed by atoms with van der Waals surface area (Å²) in [7, 11) is -0.0424. The highest BCUT2D eigenvalue weighted by molar-refractivity contribution is 6.74. The molecular formula is C19H30O3Si. The lowest BCUT2D eigenvalue weighted by atomic mass is 10.0. The Hall–Kier alpha value is -1.10. The molecule has 1 aromatic carbocycles. The molecule has 0 unspecified atom stereocenters. The molecule has 0 radical (unpaired) electrons. The van der Waals surface area contributed by atoms with Crippen LogP contribution in [0.5, 0.6) is 5.75 Å². The maximum Gasteiger partial charge on any atom is 0.192 e. The average Bonchev–Trinajstić information content (AvgIpc) is 2.52. The van der Waals surface area contributed by atoms with Crippen LogP contribution in [0.15, 0.2) is 36.4 Å². The zero-order valence-electron chi connectivity index (χ0n) is 15.3. The fourth-order valence-electron chi connectivity index (χ4n) is 2.27. The fourth-order valence-corrected chi connectivity index (χ4v) is 3.31. The molecule has 0 bridgehead atoms. The Bertz CT molecular complexity index is 529. The zero-order chi connectivity index (χ0) is 17.1. The Labute approximate surface area is 141 Å². The van der Waals surface area contributed by atoms with Crippen LogP contribution < -0.4 is 4.74 Å². The van der Waals surface area contributed by atoms with Gasteiger partial charge in [0, 0.05) is 0 Å². The molecule has 2 rings (SSSR count). The molecule has 128 valence electrons. The Balaban J connectivity index is 1.95. The monoisotopic (exact) mass is 334 g/mol. The third-order valence-electron chi connectivity index (χ3n) is 4.93. The molecule has 0 fully saturated rings. The van der Waals surface area contributed by atoms with Crippen LogP contribution in [0.25, 0.3) is 0 Å². The summed E-state index contributed by atoms with van der Waals surface area (Å²) in [5.74, 6) is 0.867. The van der Waals surface area contributed by atoms with Gasteiger partial charge in [0.25, 0.3) is 0 Å². The summed E-state index contributed by atoms with van der Waals surface area (Å²) in [4.78, 5) is 0. The van der Waals surface area contributed by atoms with E-state index in [-0.39, 0.29) is 17.2 Å². The van der Waals surface area contributed by atoms with Crippen molar-refractivity contribution in [3.63, 3.8) is 0 Å². The minimum atomic E-state index is -1.72. The highest BCUT2D eigenvalue weighted by Gasteiger charge is 2.37. The SMILES string of the molecule is COc1ccc([C@@H]2C=CC[C@@H](CO[Si](C)(C)C(C)(C)C)O2)cc1. The number of hydrogen-bond acceptors (Lipinski definition) is 3. The van der Waals surface area contributed by atoms with Gasteiger partial charge >= 0.3 is 0 Å². The van der Waals surface area contributed by atoms with E-state index >= 15 is 0 Å². The molecule has 0 spiro atoms. The Morgan fingerprint density at radius 3 is 2.39 bits per heavy atom. The third kappa shape index (κ3) is 4.69. The van der Waals surface area contributed by atoms with Crippen molar-refractivity contribution < 1.29 is 13.9 Å². The molecule has 3 nitrogen and oxygen atoms in total. The smallest absolute Gasteiger partial charge is 0.192 e. The summed E-state index contributed by atoms with van der Waals surface area (Å²) in [6, 6.07) is 8.07. The van der Waals surface area contributed by atoms with Gasteiger partial charge in [0.2, 0.25) is 0 Å². The van der Waals surface area contributed by atoms with Crippen LogP contribution in [0.4, 0.5) is 0 Å². The van der Waals surface area contributed by atoms with Gasteiger partial charge in [-0.2, -0.15) is 0 Å². The summed E-state index contributed by atoms with van der Waals surface area (Å²) in [6.45, 7) is 12.0. The summed E-state index contributed by atoms with van der Waals surface area (Å²) in [5.41, 5.74) is 1.15. The van der Waals surface area contributed by atoms with E-state index in [1.165, 1.54) is 0 Å². The van der Waals surface area contributed by atoms with Gasteiger partial charge in [-0.05, 0) is 42.2 Å². The Morgan fingerprint density at radius 2 is 1.83 bits per heavy atom. The quantitative estimate of drug-likeness (QED) is 0.553. The fraction of sp³-hybridized carbons (Fsp3) is 0.579. The van der Waals surface area contributed by atoms with Crippen LogP contribution in [0.2, 0.25) is 18.1 Å². The maximum atomic E-state index is 6.31. The van der Waals surface area contributed by atoms with Gasteiger partial charge in [0.1, 0.15) is 11.9 Å². The van der Waals surface area contributed by atoms with Gasteiger partial charge in [-0.25, -0.2) is 0 Å². The predicted octanol–water partition coefficient (Wildman–Crippen LogP) is 5.10. The largest absolute Gasteiger partial charge is 0.497 e. The molecule has 1 aliphatic heterocycles. The van der Waals surface area contributed by atoms with Crippen molar-refractivity contribution in [2.75, 3.05) is 13.7 Å². The first kappa shape index (κ1) is 18.2. The van der Waals surface area contributed by atoms with Crippen molar-refractivity contribution in [3.8, 4) is 5.75 Å². The summed E-state index contributed by atoms with van der Waals surface area (Å²) in [6.07, 6.45) is 5.38. The van der Waals surface area contributed by atoms with Gasteiger partial charge in [-0.15, -0.1) is 0 Å². The second kappa shape index (κ2) is 7.20. The molecule has 0 aromatic heterocycles. The average molecular weight is 335 g/mol. The second-order valence-electron chi connectivity index (χ2n) is 7.69. The van der Waals surface area contributed by atoms with E-state index in [0.717, 1.165) is 17.7 Å². The van der Waals surface area contributed by atoms with Crippen LogP contribution in [-0.4, -0.2) is 28.1 Å². The molecule has 1 heterocycles. The van der Waals surface area contributed by atoms with E-state index in [4.69, 9.17) is 13.9 Å². The molecule has 4 heteroatoms. The van der Waals surface area contributed by atoms with Crippen LogP contribution in [0, 0.1) is 0 Å². The lowest BCUT2D eigenvalue weighted by Gasteiger charge is -2.38. The predicted molar refractivity (Wildman–Crippen MR) is 97.5 cm³/mol. The molecule has 0 aliphatic carbocycles. The molecule has 0 N–H and O–H groups in total. The number of methoxy groups -OCH3 is 1. The summed E-state index contributed by atoms with van der Waals surface area (Å²) >= 11 is 0. The van der Waals surface area contributed by atoms with Crippen LogP contribution in [0.3, 0.4) is 0 Å². The molecule has 1 aliphatic rings. The molecule has 0 saturated heterocycles. The summed E-state index contributed by atoms with van der Waals surface area (Å²) in [5, 5.41) is 0.229. The number of ether oxygens (including phenoxy) is 2. The van der Waals surface area contributed by atoms with Crippen molar-refractivity contribution >= 4 is 8.32 Å². The second-order valence-corrected chi connectivity index (χ2v) is 12.5. The number of rotatable bonds is 5. The van der Waals surface area contributed by atoms with Gasteiger partial charge in [0.15, 0.2) is 8.32 Å². The van der Waals surface area contributed by atoms with Crippen molar-refractivity contribution in [1.82, 2.24) is 0 Å². The topological polar surface area (TPSA) is 27.7 Å². The lowest BCUT2D eigenvalue weighted by molar-refractivity contribution is -0.0225. The molecular weight excluding hydrogens is 304 g/mol. The van der Waals surface area contributed by atoms with Gasteiger partial charge in [-0.3, -0.25) is 0 Å². The maximum absolute atomic E-state index is 6.31. The molecule has 2 atom stereocenters. The highest BCUT2D eigenvalue weighted by Crippen LogP contribution is 2.37. The molecule has 0 saturated carbocycles. The van der Waals surface area contributed by atoms with E-state index in [2.05, 4.69) is 58.2 Å². The first-order valence-electron chi connectivity index (χ1n) is 8.33. The van der Waals surface area contributed by atoms with Crippen molar-refractivity contribution in [2.45, 2.75) is 57.5 Å². The zero-order valence-corrected chi connectivity index (χ0v) is 16.3. The van der Waals surface area contributed by atoms with Crippen molar-refractivity contribution in [2.24, 2.45) is 0 Å². The minimum Gasteiger partial charge on any atom is -0.497 e. The van der Waals surface area contributed by atoms with E-state index in [0.29, 0.717) is 6.61 Å². The van der Waals surface area contributed by atoms with Crippen LogP contribution in [-0.2, 0) is 9.16 Å². The van der Waals surface area contributed by atoms with E-state index in [1.54, 1.807) is 7.11 Å². The Morgan fingerprint density at radius 1 is 1.17 bits per heavy atom. The van der Waals surface area contributed by atoms with Crippen molar-refractivity contribution in [3.05, 3.63) is 42.0 Å². The minimum absolute atomic E-state index is 0.00247. The van der Waals surface area contributed by atoms with Gasteiger partial charge < -0.3 is 13.9 Å². The number of hydrogen-bond donors (Lipinski definition) is 0.